The van der Waals surface area contributed by atoms with Gasteiger partial charge in [-0.1, -0.05) is 19.8 Å². The summed E-state index contributed by atoms with van der Waals surface area (Å²) in [5.41, 5.74) is 0. The fourth-order valence-electron chi connectivity index (χ4n) is 2.90. The summed E-state index contributed by atoms with van der Waals surface area (Å²) >= 11 is 0. The molecule has 0 bridgehead atoms. The normalized spacial score (nSPS) is 35.9. The van der Waals surface area contributed by atoms with Crippen molar-refractivity contribution in [3.63, 3.8) is 0 Å². The van der Waals surface area contributed by atoms with Gasteiger partial charge in [-0.05, 0) is 12.8 Å². The van der Waals surface area contributed by atoms with Crippen LogP contribution < -0.4 is 0 Å². The molecule has 1 N–H and O–H groups in total. The average molecular weight is 225 g/mol. The van der Waals surface area contributed by atoms with E-state index in [9.17, 15) is 14.7 Å². The Labute approximate surface area is 95.6 Å². The number of hydrogen-bond donors (Lipinski definition) is 1. The molecule has 4 heteroatoms. The Morgan fingerprint density at radius 1 is 1.31 bits per heavy atom. The zero-order chi connectivity index (χ0) is 11.7. The number of rotatable bonds is 2. The van der Waals surface area contributed by atoms with Crippen molar-refractivity contribution in [1.29, 1.82) is 0 Å². The van der Waals surface area contributed by atoms with Crippen LogP contribution in [0, 0.1) is 11.8 Å². The number of aliphatic hydroxyl groups is 1. The van der Waals surface area contributed by atoms with Crippen molar-refractivity contribution >= 4 is 11.8 Å². The summed E-state index contributed by atoms with van der Waals surface area (Å²) in [6, 6.07) is -0.0521. The molecule has 3 atom stereocenters. The van der Waals surface area contributed by atoms with Gasteiger partial charge < -0.3 is 5.11 Å². The molecule has 1 heterocycles. The summed E-state index contributed by atoms with van der Waals surface area (Å²) in [6.45, 7) is 1.88. The van der Waals surface area contributed by atoms with Gasteiger partial charge in [-0.15, -0.1) is 0 Å². The lowest BCUT2D eigenvalue weighted by Crippen LogP contribution is -2.47. The van der Waals surface area contributed by atoms with E-state index >= 15 is 0 Å². The highest BCUT2D eigenvalue weighted by Crippen LogP contribution is 2.32. The van der Waals surface area contributed by atoms with Gasteiger partial charge in [0.25, 0.3) is 0 Å². The fraction of sp³-hybridized carbons (Fsp3) is 0.833. The maximum absolute atomic E-state index is 11.9. The molecule has 1 aliphatic carbocycles. The molecule has 1 saturated carbocycles. The van der Waals surface area contributed by atoms with Crippen LogP contribution >= 0.6 is 0 Å². The van der Waals surface area contributed by atoms with Crippen LogP contribution in [0.25, 0.3) is 0 Å². The van der Waals surface area contributed by atoms with E-state index < -0.39 is 0 Å². The lowest BCUT2D eigenvalue weighted by molar-refractivity contribution is -0.144. The summed E-state index contributed by atoms with van der Waals surface area (Å²) in [5, 5.41) is 9.31. The molecule has 3 unspecified atom stereocenters. The molecule has 2 rings (SSSR count). The lowest BCUT2D eigenvalue weighted by atomic mass is 9.84. The van der Waals surface area contributed by atoms with Gasteiger partial charge in [0, 0.05) is 30.9 Å². The van der Waals surface area contributed by atoms with Crippen LogP contribution in [0.3, 0.4) is 0 Å². The number of carbonyl (C=O) groups is 2. The molecule has 2 fully saturated rings. The number of nitrogens with zero attached hydrogens (tertiary/aromatic N) is 1. The summed E-state index contributed by atoms with van der Waals surface area (Å²) in [4.78, 5) is 25.1. The van der Waals surface area contributed by atoms with Gasteiger partial charge in [0.2, 0.25) is 11.8 Å². The van der Waals surface area contributed by atoms with Crippen molar-refractivity contribution in [3.8, 4) is 0 Å². The van der Waals surface area contributed by atoms with E-state index in [2.05, 4.69) is 0 Å². The number of imide groups is 1. The number of hydrogen-bond acceptors (Lipinski definition) is 3. The molecule has 0 aromatic carbocycles. The summed E-state index contributed by atoms with van der Waals surface area (Å²) in [5.74, 6) is -0.182. The van der Waals surface area contributed by atoms with E-state index in [1.165, 1.54) is 4.90 Å². The molecule has 1 aliphatic heterocycles. The Hall–Kier alpha value is -0.900. The summed E-state index contributed by atoms with van der Waals surface area (Å²) in [6.07, 6.45) is 4.26. The van der Waals surface area contributed by atoms with E-state index in [-0.39, 0.29) is 36.3 Å². The molecule has 2 aliphatic rings. The quantitative estimate of drug-likeness (QED) is 0.711. The van der Waals surface area contributed by atoms with Crippen molar-refractivity contribution in [1.82, 2.24) is 4.90 Å². The van der Waals surface area contributed by atoms with Crippen LogP contribution in [-0.4, -0.2) is 34.5 Å². The molecule has 0 radical (unpaired) electrons. The first-order chi connectivity index (χ1) is 7.65. The maximum Gasteiger partial charge on any atom is 0.232 e. The van der Waals surface area contributed by atoms with Crippen molar-refractivity contribution in [2.24, 2.45) is 11.8 Å². The summed E-state index contributed by atoms with van der Waals surface area (Å²) < 4.78 is 0. The number of likely N-dealkylation sites (tertiary alicyclic amines) is 1. The molecule has 0 aromatic rings. The van der Waals surface area contributed by atoms with Crippen LogP contribution in [0.4, 0.5) is 0 Å². The summed E-state index contributed by atoms with van der Waals surface area (Å²) in [7, 11) is 0. The van der Waals surface area contributed by atoms with Crippen LogP contribution in [0.5, 0.6) is 0 Å². The highest BCUT2D eigenvalue weighted by molar-refractivity contribution is 6.03. The number of amides is 2. The SMILES string of the molecule is CC1CC(=O)N(C2CCCCC2CO)C1=O. The number of carbonyl (C=O) groups excluding carboxylic acids is 2. The molecule has 1 saturated heterocycles. The Bertz CT molecular complexity index is 303. The monoisotopic (exact) mass is 225 g/mol. The molecular weight excluding hydrogens is 206 g/mol. The zero-order valence-corrected chi connectivity index (χ0v) is 9.69. The number of aliphatic hydroxyl groups excluding tert-OH is 1. The van der Waals surface area contributed by atoms with Gasteiger partial charge in [-0.3, -0.25) is 14.5 Å². The third kappa shape index (κ3) is 1.86. The van der Waals surface area contributed by atoms with Gasteiger partial charge >= 0.3 is 0 Å². The second-order valence-electron chi connectivity index (χ2n) is 5.00. The standard InChI is InChI=1S/C12H19NO3/c1-8-6-11(15)13(12(8)16)10-5-3-2-4-9(10)7-14/h8-10,14H,2-7H2,1H3. The van der Waals surface area contributed by atoms with Crippen LogP contribution in [0.1, 0.15) is 39.0 Å². The Morgan fingerprint density at radius 3 is 2.56 bits per heavy atom. The second kappa shape index (κ2) is 4.53. The van der Waals surface area contributed by atoms with Gasteiger partial charge in [-0.25, -0.2) is 0 Å². The van der Waals surface area contributed by atoms with Gasteiger partial charge in [0.05, 0.1) is 0 Å². The highest BCUT2D eigenvalue weighted by atomic mass is 16.3. The van der Waals surface area contributed by atoms with Crippen molar-refractivity contribution < 1.29 is 14.7 Å². The average Bonchev–Trinajstić information content (AvgIpc) is 2.53. The van der Waals surface area contributed by atoms with E-state index in [1.807, 2.05) is 0 Å². The first-order valence-electron chi connectivity index (χ1n) is 6.12. The van der Waals surface area contributed by atoms with Gasteiger partial charge in [0.15, 0.2) is 0 Å². The maximum atomic E-state index is 11.9. The third-order valence-corrected chi connectivity index (χ3v) is 3.84. The first-order valence-corrected chi connectivity index (χ1v) is 6.12. The van der Waals surface area contributed by atoms with E-state index in [4.69, 9.17) is 0 Å². The van der Waals surface area contributed by atoms with Crippen LogP contribution in [0.2, 0.25) is 0 Å². The van der Waals surface area contributed by atoms with Crippen molar-refractivity contribution in [2.75, 3.05) is 6.61 Å². The molecule has 16 heavy (non-hydrogen) atoms. The van der Waals surface area contributed by atoms with Crippen LogP contribution in [0.15, 0.2) is 0 Å². The molecule has 0 spiro atoms. The minimum atomic E-state index is -0.172. The molecule has 90 valence electrons. The molecule has 0 aromatic heterocycles. The molecular formula is C12H19NO3. The van der Waals surface area contributed by atoms with Crippen molar-refractivity contribution in [3.05, 3.63) is 0 Å². The van der Waals surface area contributed by atoms with Crippen LogP contribution in [-0.2, 0) is 9.59 Å². The van der Waals surface area contributed by atoms with Gasteiger partial charge in [0.1, 0.15) is 0 Å². The largest absolute Gasteiger partial charge is 0.396 e. The Kier molecular flexibility index (Phi) is 3.28. The predicted octanol–water partition coefficient (Wildman–Crippen LogP) is 0.932. The minimum Gasteiger partial charge on any atom is -0.396 e. The molecule has 4 nitrogen and oxygen atoms in total. The fourth-order valence-corrected chi connectivity index (χ4v) is 2.90. The minimum absolute atomic E-state index is 0.0460. The van der Waals surface area contributed by atoms with E-state index in [1.54, 1.807) is 6.92 Å². The second-order valence-corrected chi connectivity index (χ2v) is 5.00. The highest BCUT2D eigenvalue weighted by Gasteiger charge is 2.43. The topological polar surface area (TPSA) is 57.6 Å². The Balaban J connectivity index is 2.15. The third-order valence-electron chi connectivity index (χ3n) is 3.84. The lowest BCUT2D eigenvalue weighted by Gasteiger charge is -2.36. The smallest absolute Gasteiger partial charge is 0.232 e. The van der Waals surface area contributed by atoms with Gasteiger partial charge in [-0.2, -0.15) is 0 Å². The van der Waals surface area contributed by atoms with E-state index in [0.717, 1.165) is 25.7 Å². The van der Waals surface area contributed by atoms with Crippen molar-refractivity contribution in [2.45, 2.75) is 45.1 Å². The predicted molar refractivity (Wildman–Crippen MR) is 58.5 cm³/mol. The Morgan fingerprint density at radius 2 is 2.00 bits per heavy atom. The zero-order valence-electron chi connectivity index (χ0n) is 9.69. The first kappa shape index (κ1) is 11.6. The van der Waals surface area contributed by atoms with E-state index in [0.29, 0.717) is 6.42 Å². The molecule has 2 amide bonds.